The molecule has 1 amide bonds. The summed E-state index contributed by atoms with van der Waals surface area (Å²) in [6.45, 7) is 4.42. The fourth-order valence-corrected chi connectivity index (χ4v) is 2.33. The quantitative estimate of drug-likeness (QED) is 0.810. The van der Waals surface area contributed by atoms with Crippen LogP contribution in [0.1, 0.15) is 32.3 Å². The predicted octanol–water partition coefficient (Wildman–Crippen LogP) is 3.24. The number of anilines is 1. The lowest BCUT2D eigenvalue weighted by Gasteiger charge is -2.24. The Balaban J connectivity index is 2.15. The SMILES string of the molecule is CC(C)(C)OC(=O)N1C[C@H](c2ccc(N)cc2)C(F)(F)C1. The van der Waals surface area contributed by atoms with E-state index < -0.39 is 30.1 Å². The van der Waals surface area contributed by atoms with Crippen LogP contribution >= 0.6 is 0 Å². The fourth-order valence-electron chi connectivity index (χ4n) is 2.33. The molecule has 1 heterocycles. The molecular weight excluding hydrogens is 278 g/mol. The summed E-state index contributed by atoms with van der Waals surface area (Å²) >= 11 is 0. The van der Waals surface area contributed by atoms with Crippen LogP contribution in [0.5, 0.6) is 0 Å². The van der Waals surface area contributed by atoms with Crippen molar-refractivity contribution in [1.82, 2.24) is 4.90 Å². The maximum atomic E-state index is 14.2. The first-order chi connectivity index (χ1) is 9.58. The van der Waals surface area contributed by atoms with Crippen LogP contribution in [-0.2, 0) is 4.74 Å². The molecule has 0 unspecified atom stereocenters. The summed E-state index contributed by atoms with van der Waals surface area (Å²) in [5, 5.41) is 0. The van der Waals surface area contributed by atoms with Crippen LogP contribution < -0.4 is 5.73 Å². The van der Waals surface area contributed by atoms with Gasteiger partial charge in [-0.3, -0.25) is 0 Å². The molecule has 0 aromatic heterocycles. The molecule has 4 nitrogen and oxygen atoms in total. The van der Waals surface area contributed by atoms with Gasteiger partial charge in [-0.15, -0.1) is 0 Å². The third-order valence-corrected chi connectivity index (χ3v) is 3.30. The van der Waals surface area contributed by atoms with Crippen molar-refractivity contribution in [3.8, 4) is 0 Å². The summed E-state index contributed by atoms with van der Waals surface area (Å²) in [6, 6.07) is 6.32. The molecule has 21 heavy (non-hydrogen) atoms. The van der Waals surface area contributed by atoms with E-state index in [1.165, 1.54) is 0 Å². The smallest absolute Gasteiger partial charge is 0.410 e. The first-order valence-electron chi connectivity index (χ1n) is 6.80. The highest BCUT2D eigenvalue weighted by Crippen LogP contribution is 2.40. The van der Waals surface area contributed by atoms with Crippen molar-refractivity contribution in [1.29, 1.82) is 0 Å². The van der Waals surface area contributed by atoms with Crippen molar-refractivity contribution in [2.75, 3.05) is 18.8 Å². The van der Waals surface area contributed by atoms with Crippen molar-refractivity contribution < 1.29 is 18.3 Å². The third-order valence-electron chi connectivity index (χ3n) is 3.30. The lowest BCUT2D eigenvalue weighted by molar-refractivity contribution is -0.0109. The zero-order valence-corrected chi connectivity index (χ0v) is 12.4. The van der Waals surface area contributed by atoms with Gasteiger partial charge in [-0.05, 0) is 38.5 Å². The van der Waals surface area contributed by atoms with Crippen LogP contribution in [-0.4, -0.2) is 35.6 Å². The van der Waals surface area contributed by atoms with E-state index in [1.807, 2.05) is 0 Å². The molecule has 1 saturated heterocycles. The highest BCUT2D eigenvalue weighted by Gasteiger charge is 2.50. The molecule has 1 aromatic rings. The summed E-state index contributed by atoms with van der Waals surface area (Å²) in [5.74, 6) is -4.02. The highest BCUT2D eigenvalue weighted by molar-refractivity contribution is 5.69. The molecule has 0 bridgehead atoms. The topological polar surface area (TPSA) is 55.6 Å². The number of nitrogens with zero attached hydrogens (tertiary/aromatic N) is 1. The van der Waals surface area contributed by atoms with E-state index in [0.29, 0.717) is 11.3 Å². The number of carbonyl (C=O) groups excluding carboxylic acids is 1. The van der Waals surface area contributed by atoms with Crippen LogP contribution in [0.25, 0.3) is 0 Å². The van der Waals surface area contributed by atoms with E-state index in [2.05, 4.69) is 0 Å². The molecule has 6 heteroatoms. The van der Waals surface area contributed by atoms with Crippen molar-refractivity contribution in [2.45, 2.75) is 38.2 Å². The van der Waals surface area contributed by atoms with Crippen LogP contribution in [0.2, 0.25) is 0 Å². The molecule has 0 spiro atoms. The number of carbonyl (C=O) groups is 1. The molecular formula is C15H20F2N2O2. The van der Waals surface area contributed by atoms with Crippen molar-refractivity contribution in [2.24, 2.45) is 0 Å². The number of nitrogens with two attached hydrogens (primary N) is 1. The molecule has 0 aliphatic carbocycles. The average Bonchev–Trinajstić information content (AvgIpc) is 2.64. The first-order valence-corrected chi connectivity index (χ1v) is 6.80. The minimum Gasteiger partial charge on any atom is -0.444 e. The largest absolute Gasteiger partial charge is 0.444 e. The van der Waals surface area contributed by atoms with Crippen molar-refractivity contribution >= 4 is 11.8 Å². The minimum atomic E-state index is -2.98. The van der Waals surface area contributed by atoms with Gasteiger partial charge in [-0.2, -0.15) is 0 Å². The highest BCUT2D eigenvalue weighted by atomic mass is 19.3. The summed E-state index contributed by atoms with van der Waals surface area (Å²) in [5.41, 5.74) is 5.85. The molecule has 1 aliphatic rings. The molecule has 1 aliphatic heterocycles. The average molecular weight is 298 g/mol. The zero-order chi connectivity index (χ0) is 15.8. The Hall–Kier alpha value is -1.85. The number of benzene rings is 1. The molecule has 116 valence electrons. The second kappa shape index (κ2) is 5.16. The number of nitrogen functional groups attached to an aromatic ring is 1. The second-order valence-electron chi connectivity index (χ2n) is 6.34. The first kappa shape index (κ1) is 15.5. The van der Waals surface area contributed by atoms with Crippen LogP contribution in [0.4, 0.5) is 19.3 Å². The molecule has 0 radical (unpaired) electrons. The van der Waals surface area contributed by atoms with Crippen LogP contribution in [0.15, 0.2) is 24.3 Å². The number of ether oxygens (including phenoxy) is 1. The van der Waals surface area contributed by atoms with E-state index in [1.54, 1.807) is 45.0 Å². The van der Waals surface area contributed by atoms with Crippen molar-refractivity contribution in [3.05, 3.63) is 29.8 Å². The lowest BCUT2D eigenvalue weighted by Crippen LogP contribution is -2.36. The molecule has 1 fully saturated rings. The van der Waals surface area contributed by atoms with Gasteiger partial charge in [0.25, 0.3) is 5.92 Å². The monoisotopic (exact) mass is 298 g/mol. The zero-order valence-electron chi connectivity index (χ0n) is 12.4. The maximum Gasteiger partial charge on any atom is 0.410 e. The minimum absolute atomic E-state index is 0.0637. The van der Waals surface area contributed by atoms with E-state index in [-0.39, 0.29) is 6.54 Å². The van der Waals surface area contributed by atoms with E-state index in [0.717, 1.165) is 4.90 Å². The Bertz CT molecular complexity index is 523. The Morgan fingerprint density at radius 3 is 2.43 bits per heavy atom. The number of amides is 1. The van der Waals surface area contributed by atoms with Gasteiger partial charge in [0, 0.05) is 12.2 Å². The van der Waals surface area contributed by atoms with Gasteiger partial charge in [0.15, 0.2) is 0 Å². The summed E-state index contributed by atoms with van der Waals surface area (Å²) in [7, 11) is 0. The Kier molecular flexibility index (Phi) is 3.82. The molecule has 2 N–H and O–H groups in total. The molecule has 1 aromatic carbocycles. The maximum absolute atomic E-state index is 14.2. The summed E-state index contributed by atoms with van der Waals surface area (Å²) in [4.78, 5) is 13.0. The molecule has 0 saturated carbocycles. The number of hydrogen-bond acceptors (Lipinski definition) is 3. The van der Waals surface area contributed by atoms with Gasteiger partial charge in [-0.1, -0.05) is 12.1 Å². The molecule has 1 atom stereocenters. The number of rotatable bonds is 1. The van der Waals surface area contributed by atoms with Gasteiger partial charge < -0.3 is 15.4 Å². The number of alkyl halides is 2. The number of halogens is 2. The van der Waals surface area contributed by atoms with Gasteiger partial charge in [0.1, 0.15) is 5.60 Å². The number of hydrogen-bond donors (Lipinski definition) is 1. The normalized spacial score (nSPS) is 21.4. The lowest BCUT2D eigenvalue weighted by atomic mass is 9.95. The van der Waals surface area contributed by atoms with Gasteiger partial charge in [0.05, 0.1) is 12.5 Å². The summed E-state index contributed by atoms with van der Waals surface area (Å²) < 4.78 is 33.5. The van der Waals surface area contributed by atoms with E-state index in [9.17, 15) is 13.6 Å². The van der Waals surface area contributed by atoms with Crippen molar-refractivity contribution in [3.63, 3.8) is 0 Å². The second-order valence-corrected chi connectivity index (χ2v) is 6.34. The molecule has 2 rings (SSSR count). The third kappa shape index (κ3) is 3.62. The Morgan fingerprint density at radius 1 is 1.33 bits per heavy atom. The Labute approximate surface area is 122 Å². The fraction of sp³-hybridized carbons (Fsp3) is 0.533. The van der Waals surface area contributed by atoms with Gasteiger partial charge in [-0.25, -0.2) is 13.6 Å². The Morgan fingerprint density at radius 2 is 1.90 bits per heavy atom. The standard InChI is InChI=1S/C15H20F2N2O2/c1-14(2,3)21-13(20)19-8-12(15(16,17)9-19)10-4-6-11(18)7-5-10/h4-7,12H,8-9,18H2,1-3H3/t12-/m1/s1. The van der Waals surface area contributed by atoms with Crippen LogP contribution in [0.3, 0.4) is 0 Å². The van der Waals surface area contributed by atoms with E-state index in [4.69, 9.17) is 10.5 Å². The van der Waals surface area contributed by atoms with E-state index >= 15 is 0 Å². The number of likely N-dealkylation sites (tertiary alicyclic amines) is 1. The van der Waals surface area contributed by atoms with Gasteiger partial charge >= 0.3 is 6.09 Å². The summed E-state index contributed by atoms with van der Waals surface area (Å²) in [6.07, 6.45) is -0.708. The van der Waals surface area contributed by atoms with Gasteiger partial charge in [0.2, 0.25) is 0 Å². The van der Waals surface area contributed by atoms with Crippen LogP contribution in [0, 0.1) is 0 Å². The predicted molar refractivity (Wildman–Crippen MR) is 76.3 cm³/mol.